The summed E-state index contributed by atoms with van der Waals surface area (Å²) in [5, 5.41) is 2.76. The molecule has 0 bridgehead atoms. The van der Waals surface area contributed by atoms with E-state index < -0.39 is 0 Å². The first-order valence-electron chi connectivity index (χ1n) is 8.58. The van der Waals surface area contributed by atoms with E-state index in [1.54, 1.807) is 36.4 Å². The van der Waals surface area contributed by atoms with Crippen molar-refractivity contribution in [3.05, 3.63) is 42.0 Å². The minimum absolute atomic E-state index is 0.0769. The van der Waals surface area contributed by atoms with Gasteiger partial charge in [-0.05, 0) is 37.3 Å². The second-order valence-corrected chi connectivity index (χ2v) is 5.97. The monoisotopic (exact) mass is 371 g/mol. The molecule has 1 N–H and O–H groups in total. The molecule has 2 aromatic carbocycles. The molecule has 0 radical (unpaired) electrons. The lowest BCUT2D eigenvalue weighted by Crippen LogP contribution is -2.20. The van der Waals surface area contributed by atoms with Gasteiger partial charge in [0.15, 0.2) is 35.4 Å². The lowest BCUT2D eigenvalue weighted by Gasteiger charge is -2.13. The van der Waals surface area contributed by atoms with E-state index in [4.69, 9.17) is 18.9 Å². The van der Waals surface area contributed by atoms with Crippen molar-refractivity contribution in [2.45, 2.75) is 13.3 Å². The number of ketones is 1. The number of carbonyl (C=O) groups is 2. The fourth-order valence-corrected chi connectivity index (χ4v) is 2.59. The Kier molecular flexibility index (Phi) is 5.80. The molecule has 2 aromatic rings. The van der Waals surface area contributed by atoms with Crippen molar-refractivity contribution < 1.29 is 28.5 Å². The van der Waals surface area contributed by atoms with Gasteiger partial charge < -0.3 is 24.3 Å². The minimum Gasteiger partial charge on any atom is -0.493 e. The van der Waals surface area contributed by atoms with Crippen LogP contribution in [0, 0.1) is 0 Å². The second-order valence-electron chi connectivity index (χ2n) is 5.97. The summed E-state index contributed by atoms with van der Waals surface area (Å²) >= 11 is 0. The fraction of sp³-hybridized carbons (Fsp3) is 0.300. The van der Waals surface area contributed by atoms with E-state index in [2.05, 4.69) is 5.32 Å². The van der Waals surface area contributed by atoms with Crippen molar-refractivity contribution in [3.63, 3.8) is 0 Å². The molecule has 0 saturated heterocycles. The number of nitrogens with one attached hydrogen (secondary N) is 1. The van der Waals surface area contributed by atoms with Crippen LogP contribution >= 0.6 is 0 Å². The summed E-state index contributed by atoms with van der Waals surface area (Å²) in [6, 6.07) is 10.0. The topological polar surface area (TPSA) is 83.1 Å². The number of Topliss-reactive ketones (excluding diaryl/α,β-unsaturated/α-hetero) is 1. The van der Waals surface area contributed by atoms with Gasteiger partial charge in [0.2, 0.25) is 0 Å². The first-order valence-corrected chi connectivity index (χ1v) is 8.58. The summed E-state index contributed by atoms with van der Waals surface area (Å²) < 4.78 is 21.9. The molecular formula is C20H21NO6. The van der Waals surface area contributed by atoms with Gasteiger partial charge in [-0.2, -0.15) is 0 Å². The van der Waals surface area contributed by atoms with Gasteiger partial charge in [-0.15, -0.1) is 0 Å². The van der Waals surface area contributed by atoms with E-state index in [1.165, 1.54) is 14.0 Å². The van der Waals surface area contributed by atoms with Crippen LogP contribution in [0.25, 0.3) is 0 Å². The minimum atomic E-state index is -0.331. The van der Waals surface area contributed by atoms with Gasteiger partial charge in [-0.1, -0.05) is 0 Å². The summed E-state index contributed by atoms with van der Waals surface area (Å²) in [5.74, 6) is 1.64. The number of methoxy groups -OCH3 is 1. The van der Waals surface area contributed by atoms with Crippen LogP contribution in [-0.4, -0.2) is 38.6 Å². The second kappa shape index (κ2) is 8.44. The lowest BCUT2D eigenvalue weighted by molar-refractivity contribution is -0.118. The van der Waals surface area contributed by atoms with E-state index in [0.717, 1.165) is 6.42 Å². The molecule has 0 atom stereocenters. The van der Waals surface area contributed by atoms with Gasteiger partial charge in [0.25, 0.3) is 5.91 Å². The first kappa shape index (κ1) is 18.6. The van der Waals surface area contributed by atoms with Crippen LogP contribution in [0.15, 0.2) is 36.4 Å². The Labute approximate surface area is 157 Å². The third kappa shape index (κ3) is 4.69. The summed E-state index contributed by atoms with van der Waals surface area (Å²) in [4.78, 5) is 23.6. The maximum Gasteiger partial charge on any atom is 0.262 e. The molecule has 27 heavy (non-hydrogen) atoms. The fourth-order valence-electron chi connectivity index (χ4n) is 2.59. The van der Waals surface area contributed by atoms with Crippen molar-refractivity contribution in [1.82, 2.24) is 0 Å². The van der Waals surface area contributed by atoms with Crippen LogP contribution in [0.1, 0.15) is 23.7 Å². The van der Waals surface area contributed by atoms with Crippen LogP contribution in [-0.2, 0) is 4.79 Å². The number of hydrogen-bond donors (Lipinski definition) is 1. The summed E-state index contributed by atoms with van der Waals surface area (Å²) in [6.07, 6.45) is 0.814. The molecule has 0 unspecified atom stereocenters. The van der Waals surface area contributed by atoms with Crippen LogP contribution in [0.5, 0.6) is 23.0 Å². The van der Waals surface area contributed by atoms with Gasteiger partial charge in [-0.3, -0.25) is 9.59 Å². The van der Waals surface area contributed by atoms with Gasteiger partial charge in [0.1, 0.15) is 0 Å². The summed E-state index contributed by atoms with van der Waals surface area (Å²) in [7, 11) is 1.48. The van der Waals surface area contributed by atoms with Gasteiger partial charge in [-0.25, -0.2) is 0 Å². The molecule has 1 aliphatic rings. The van der Waals surface area contributed by atoms with Gasteiger partial charge in [0.05, 0.1) is 20.3 Å². The average Bonchev–Trinajstić information content (AvgIpc) is 2.91. The van der Waals surface area contributed by atoms with Crippen LogP contribution < -0.4 is 24.3 Å². The number of rotatable bonds is 6. The molecule has 1 amide bonds. The molecule has 0 fully saturated rings. The highest BCUT2D eigenvalue weighted by Gasteiger charge is 2.13. The average molecular weight is 371 g/mol. The van der Waals surface area contributed by atoms with Crippen molar-refractivity contribution in [3.8, 4) is 23.0 Å². The first-order chi connectivity index (χ1) is 13.1. The molecule has 7 heteroatoms. The maximum atomic E-state index is 12.2. The van der Waals surface area contributed by atoms with Crippen LogP contribution in [0.4, 0.5) is 5.69 Å². The SMILES string of the molecule is COc1cc(C(C)=O)ccc1OCC(=O)Nc1ccc2c(c1)OCCCO2. The Morgan fingerprint density at radius 2 is 1.81 bits per heavy atom. The van der Waals surface area contributed by atoms with E-state index in [0.29, 0.717) is 47.5 Å². The zero-order valence-electron chi connectivity index (χ0n) is 15.2. The number of ether oxygens (including phenoxy) is 4. The highest BCUT2D eigenvalue weighted by molar-refractivity contribution is 5.95. The van der Waals surface area contributed by atoms with Gasteiger partial charge in [0, 0.05) is 23.7 Å². The van der Waals surface area contributed by atoms with Crippen molar-refractivity contribution in [2.75, 3.05) is 32.2 Å². The number of anilines is 1. The normalized spacial score (nSPS) is 12.7. The predicted molar refractivity (Wildman–Crippen MR) is 99.2 cm³/mol. The zero-order valence-corrected chi connectivity index (χ0v) is 15.2. The molecule has 0 aliphatic carbocycles. The molecule has 3 rings (SSSR count). The maximum absolute atomic E-state index is 12.2. The molecule has 1 heterocycles. The molecule has 0 aromatic heterocycles. The van der Waals surface area contributed by atoms with E-state index >= 15 is 0 Å². The largest absolute Gasteiger partial charge is 0.493 e. The smallest absolute Gasteiger partial charge is 0.262 e. The van der Waals surface area contributed by atoms with Crippen molar-refractivity contribution >= 4 is 17.4 Å². The Balaban J connectivity index is 1.62. The summed E-state index contributed by atoms with van der Waals surface area (Å²) in [5.41, 5.74) is 1.10. The quantitative estimate of drug-likeness (QED) is 0.786. The Hall–Kier alpha value is -3.22. The molecule has 0 spiro atoms. The Morgan fingerprint density at radius 3 is 2.56 bits per heavy atom. The van der Waals surface area contributed by atoms with Crippen LogP contribution in [0.2, 0.25) is 0 Å². The van der Waals surface area contributed by atoms with E-state index in [1.807, 2.05) is 0 Å². The molecule has 0 saturated carbocycles. The number of fused-ring (bicyclic) bond motifs is 1. The van der Waals surface area contributed by atoms with Crippen molar-refractivity contribution in [1.29, 1.82) is 0 Å². The number of hydrogen-bond acceptors (Lipinski definition) is 6. The Bertz CT molecular complexity index is 848. The number of carbonyl (C=O) groups excluding carboxylic acids is 2. The van der Waals surface area contributed by atoms with Crippen LogP contribution in [0.3, 0.4) is 0 Å². The third-order valence-electron chi connectivity index (χ3n) is 3.96. The van der Waals surface area contributed by atoms with E-state index in [9.17, 15) is 9.59 Å². The zero-order chi connectivity index (χ0) is 19.2. The van der Waals surface area contributed by atoms with Gasteiger partial charge >= 0.3 is 0 Å². The highest BCUT2D eigenvalue weighted by Crippen LogP contribution is 2.32. The Morgan fingerprint density at radius 1 is 1.04 bits per heavy atom. The lowest BCUT2D eigenvalue weighted by atomic mass is 10.1. The number of benzene rings is 2. The summed E-state index contributed by atoms with van der Waals surface area (Å²) in [6.45, 7) is 2.45. The highest BCUT2D eigenvalue weighted by atomic mass is 16.5. The molecule has 142 valence electrons. The molecular weight excluding hydrogens is 350 g/mol. The third-order valence-corrected chi connectivity index (χ3v) is 3.96. The molecule has 7 nitrogen and oxygen atoms in total. The van der Waals surface area contributed by atoms with Crippen molar-refractivity contribution in [2.24, 2.45) is 0 Å². The standard InChI is InChI=1S/C20H21NO6/c1-13(22)14-4-6-16(18(10-14)24-2)27-12-20(23)21-15-5-7-17-19(11-15)26-9-3-8-25-17/h4-7,10-11H,3,8-9,12H2,1-2H3,(H,21,23). The molecule has 1 aliphatic heterocycles. The van der Waals surface area contributed by atoms with E-state index in [-0.39, 0.29) is 18.3 Å². The predicted octanol–water partition coefficient (Wildman–Crippen LogP) is 3.08. The number of amides is 1.